The predicted octanol–water partition coefficient (Wildman–Crippen LogP) is 4.05. The summed E-state index contributed by atoms with van der Waals surface area (Å²) in [5.74, 6) is 1.04. The lowest BCUT2D eigenvalue weighted by molar-refractivity contribution is -0.116. The summed E-state index contributed by atoms with van der Waals surface area (Å²) in [6.07, 6.45) is 0.292. The molecule has 0 aliphatic carbocycles. The van der Waals surface area contributed by atoms with Gasteiger partial charge in [-0.15, -0.1) is 0 Å². The number of hydrogen-bond acceptors (Lipinski definition) is 8. The lowest BCUT2D eigenvalue weighted by Gasteiger charge is -2.27. The molecular formula is C24H23N3O4S2. The second kappa shape index (κ2) is 9.64. The highest BCUT2D eigenvalue weighted by atomic mass is 32.2. The summed E-state index contributed by atoms with van der Waals surface area (Å²) in [6.45, 7) is 2.95. The highest BCUT2D eigenvalue weighted by Crippen LogP contribution is 2.52. The molecule has 2 aliphatic heterocycles. The van der Waals surface area contributed by atoms with Crippen molar-refractivity contribution in [1.29, 1.82) is 0 Å². The fraction of sp³-hybridized carbons (Fsp3) is 0.250. The van der Waals surface area contributed by atoms with Gasteiger partial charge in [-0.2, -0.15) is 0 Å². The van der Waals surface area contributed by atoms with Crippen LogP contribution in [0, 0.1) is 0 Å². The maximum Gasteiger partial charge on any atom is 0.225 e. The van der Waals surface area contributed by atoms with Crippen LogP contribution in [0.15, 0.2) is 77.3 Å². The Kier molecular flexibility index (Phi) is 6.45. The van der Waals surface area contributed by atoms with Crippen LogP contribution in [0.3, 0.4) is 0 Å². The zero-order valence-corrected chi connectivity index (χ0v) is 19.5. The molecule has 1 amide bonds. The summed E-state index contributed by atoms with van der Waals surface area (Å²) in [5.41, 5.74) is 7.03. The number of benzene rings is 2. The number of nitrogens with two attached hydrogens (primary N) is 1. The third-order valence-electron chi connectivity index (χ3n) is 5.35. The fourth-order valence-corrected chi connectivity index (χ4v) is 6.17. The van der Waals surface area contributed by atoms with E-state index in [2.05, 4.69) is 11.4 Å². The lowest BCUT2D eigenvalue weighted by Crippen LogP contribution is -2.36. The first kappa shape index (κ1) is 22.1. The summed E-state index contributed by atoms with van der Waals surface area (Å²) in [6, 6.07) is 15.0. The summed E-state index contributed by atoms with van der Waals surface area (Å²) < 4.78 is 11.6. The largest absolute Gasteiger partial charge is 0.440 e. The Morgan fingerprint density at radius 1 is 1.03 bits per heavy atom. The first-order chi connectivity index (χ1) is 16.1. The predicted molar refractivity (Wildman–Crippen MR) is 130 cm³/mol. The molecule has 3 aromatic rings. The van der Waals surface area contributed by atoms with E-state index in [-0.39, 0.29) is 11.3 Å². The number of ether oxygens (including phenoxy) is 1. The Labute approximate surface area is 199 Å². The third kappa shape index (κ3) is 4.81. The summed E-state index contributed by atoms with van der Waals surface area (Å²) >= 11 is 3.28. The molecule has 1 fully saturated rings. The van der Waals surface area contributed by atoms with Crippen molar-refractivity contribution in [3.8, 4) is 11.3 Å². The van der Waals surface area contributed by atoms with Gasteiger partial charge in [-0.1, -0.05) is 35.7 Å². The number of nitrogens with zero attached hydrogens (tertiary/aromatic N) is 1. The Balaban J connectivity index is 1.46. The van der Waals surface area contributed by atoms with Crippen molar-refractivity contribution in [2.45, 2.75) is 26.0 Å². The molecule has 3 heterocycles. The van der Waals surface area contributed by atoms with E-state index in [1.165, 1.54) is 0 Å². The first-order valence-electron chi connectivity index (χ1n) is 10.7. The SMILES string of the molecule is NCCC(=O)Nc1ccc2c(c1)Sc1cccc(-c3cc(=O)cc(N4CCOCC4)o3)c1S2. The second-order valence-electron chi connectivity index (χ2n) is 7.68. The van der Waals surface area contributed by atoms with Crippen LogP contribution in [-0.4, -0.2) is 38.8 Å². The Hall–Kier alpha value is -2.72. The van der Waals surface area contributed by atoms with Crippen molar-refractivity contribution in [3.05, 3.63) is 58.8 Å². The van der Waals surface area contributed by atoms with Crippen LogP contribution < -0.4 is 21.4 Å². The van der Waals surface area contributed by atoms with E-state index in [0.717, 1.165) is 30.8 Å². The minimum Gasteiger partial charge on any atom is -0.440 e. The summed E-state index contributed by atoms with van der Waals surface area (Å²) in [5, 5.41) is 2.89. The topological polar surface area (TPSA) is 97.8 Å². The molecular weight excluding hydrogens is 458 g/mol. The van der Waals surface area contributed by atoms with Crippen molar-refractivity contribution >= 4 is 41.0 Å². The second-order valence-corrected chi connectivity index (χ2v) is 9.82. The van der Waals surface area contributed by atoms with Gasteiger partial charge in [-0.3, -0.25) is 9.59 Å². The minimum atomic E-state index is -0.0937. The van der Waals surface area contributed by atoms with Gasteiger partial charge in [-0.25, -0.2) is 0 Å². The highest BCUT2D eigenvalue weighted by molar-refractivity contribution is 8.05. The molecule has 0 atom stereocenters. The molecule has 0 saturated carbocycles. The standard InChI is InChI=1S/C24H23N3O4S2/c25-7-6-22(29)26-15-4-5-19-21(12-15)32-20-3-1-2-17(24(20)33-19)18-13-16(28)14-23(31-18)27-8-10-30-11-9-27/h1-5,12-14H,6-11,25H2,(H,26,29). The van der Waals surface area contributed by atoms with Gasteiger partial charge in [0.15, 0.2) is 11.3 Å². The molecule has 1 aromatic heterocycles. The van der Waals surface area contributed by atoms with Crippen molar-refractivity contribution < 1.29 is 13.9 Å². The van der Waals surface area contributed by atoms with Gasteiger partial charge in [0.2, 0.25) is 5.91 Å². The molecule has 170 valence electrons. The van der Waals surface area contributed by atoms with Crippen LogP contribution >= 0.6 is 23.5 Å². The van der Waals surface area contributed by atoms with Crippen LogP contribution in [0.1, 0.15) is 6.42 Å². The zero-order chi connectivity index (χ0) is 22.8. The smallest absolute Gasteiger partial charge is 0.225 e. The number of fused-ring (bicyclic) bond motifs is 2. The van der Waals surface area contributed by atoms with Crippen molar-refractivity contribution in [2.75, 3.05) is 43.1 Å². The number of nitrogens with one attached hydrogen (secondary N) is 1. The van der Waals surface area contributed by atoms with Gasteiger partial charge in [0.25, 0.3) is 0 Å². The van der Waals surface area contributed by atoms with Gasteiger partial charge < -0.3 is 25.1 Å². The molecule has 0 unspecified atom stereocenters. The fourth-order valence-electron chi connectivity index (χ4n) is 3.76. The summed E-state index contributed by atoms with van der Waals surface area (Å²) in [7, 11) is 0. The number of rotatable bonds is 5. The summed E-state index contributed by atoms with van der Waals surface area (Å²) in [4.78, 5) is 30.7. The number of carbonyl (C=O) groups is 1. The van der Waals surface area contributed by atoms with Gasteiger partial charge in [0.1, 0.15) is 5.76 Å². The molecule has 2 aromatic carbocycles. The molecule has 5 rings (SSSR count). The molecule has 0 bridgehead atoms. The van der Waals surface area contributed by atoms with E-state index in [1.807, 2.05) is 35.2 Å². The van der Waals surface area contributed by atoms with E-state index >= 15 is 0 Å². The van der Waals surface area contributed by atoms with E-state index in [0.29, 0.717) is 50.9 Å². The Morgan fingerprint density at radius 3 is 2.70 bits per heavy atom. The molecule has 2 aliphatic rings. The number of morpholine rings is 1. The van der Waals surface area contributed by atoms with Crippen LogP contribution in [0.2, 0.25) is 0 Å². The zero-order valence-electron chi connectivity index (χ0n) is 17.8. The number of hydrogen-bond donors (Lipinski definition) is 2. The highest BCUT2D eigenvalue weighted by Gasteiger charge is 2.23. The molecule has 1 saturated heterocycles. The monoisotopic (exact) mass is 481 g/mol. The quantitative estimate of drug-likeness (QED) is 0.441. The normalized spacial score (nSPS) is 15.0. The molecule has 7 nitrogen and oxygen atoms in total. The minimum absolute atomic E-state index is 0.0814. The van der Waals surface area contributed by atoms with Gasteiger partial charge in [0, 0.05) is 69.0 Å². The molecule has 3 N–H and O–H groups in total. The number of amides is 1. The maximum absolute atomic E-state index is 12.5. The van der Waals surface area contributed by atoms with E-state index in [4.69, 9.17) is 14.9 Å². The van der Waals surface area contributed by atoms with Gasteiger partial charge >= 0.3 is 0 Å². The maximum atomic E-state index is 12.5. The van der Waals surface area contributed by atoms with Crippen molar-refractivity contribution in [2.24, 2.45) is 5.73 Å². The van der Waals surface area contributed by atoms with E-state index in [9.17, 15) is 9.59 Å². The van der Waals surface area contributed by atoms with Crippen LogP contribution in [0.4, 0.5) is 11.6 Å². The third-order valence-corrected chi connectivity index (χ3v) is 7.95. The van der Waals surface area contributed by atoms with Crippen molar-refractivity contribution in [1.82, 2.24) is 0 Å². The van der Waals surface area contributed by atoms with Gasteiger partial charge in [-0.05, 0) is 24.3 Å². The molecule has 0 spiro atoms. The first-order valence-corrected chi connectivity index (χ1v) is 12.3. The molecule has 9 heteroatoms. The Bertz CT molecular complexity index is 1250. The van der Waals surface area contributed by atoms with E-state index < -0.39 is 0 Å². The van der Waals surface area contributed by atoms with E-state index in [1.54, 1.807) is 35.7 Å². The Morgan fingerprint density at radius 2 is 1.88 bits per heavy atom. The average molecular weight is 482 g/mol. The van der Waals surface area contributed by atoms with Crippen LogP contribution in [0.25, 0.3) is 11.3 Å². The lowest BCUT2D eigenvalue weighted by atomic mass is 10.1. The number of anilines is 2. The molecule has 0 radical (unpaired) electrons. The number of carbonyl (C=O) groups excluding carboxylic acids is 1. The van der Waals surface area contributed by atoms with Gasteiger partial charge in [0.05, 0.1) is 13.2 Å². The van der Waals surface area contributed by atoms with Crippen LogP contribution in [0.5, 0.6) is 0 Å². The average Bonchev–Trinajstić information content (AvgIpc) is 2.82. The van der Waals surface area contributed by atoms with Crippen LogP contribution in [-0.2, 0) is 9.53 Å². The van der Waals surface area contributed by atoms with Crippen molar-refractivity contribution in [3.63, 3.8) is 0 Å². The molecule has 33 heavy (non-hydrogen) atoms.